The molecule has 0 radical (unpaired) electrons. The topological polar surface area (TPSA) is 96.6 Å². The monoisotopic (exact) mass is 416 g/mol. The Bertz CT molecular complexity index is 839. The molecule has 1 aromatic heterocycles. The van der Waals surface area contributed by atoms with Crippen LogP contribution in [0, 0.1) is 0 Å². The van der Waals surface area contributed by atoms with E-state index in [-0.39, 0.29) is 17.9 Å². The number of rotatable bonds is 6. The molecule has 0 saturated carbocycles. The van der Waals surface area contributed by atoms with Gasteiger partial charge in [-0.15, -0.1) is 5.10 Å². The lowest BCUT2D eigenvalue weighted by atomic mass is 10.0. The van der Waals surface area contributed by atoms with Gasteiger partial charge in [-0.2, -0.15) is 0 Å². The number of unbranched alkanes of at least 4 members (excludes halogenated alkanes) is 1. The lowest BCUT2D eigenvalue weighted by Crippen LogP contribution is -2.51. The third-order valence-corrected chi connectivity index (χ3v) is 5.04. The van der Waals surface area contributed by atoms with Crippen LogP contribution < -0.4 is 0 Å². The number of amides is 1. The number of aromatic hydroxyl groups is 1. The Morgan fingerprint density at radius 2 is 1.97 bits per heavy atom. The molecule has 0 aliphatic carbocycles. The zero-order chi connectivity index (χ0) is 21.7. The molecular weight excluding hydrogens is 384 g/mol. The van der Waals surface area contributed by atoms with Crippen LogP contribution in [0.4, 0.5) is 4.79 Å². The summed E-state index contributed by atoms with van der Waals surface area (Å²) >= 11 is 0. The molecule has 9 nitrogen and oxygen atoms in total. The average Bonchev–Trinajstić information content (AvgIpc) is 3.14. The van der Waals surface area contributed by atoms with E-state index in [1.54, 1.807) is 17.0 Å². The molecule has 1 N–H and O–H groups in total. The molecule has 30 heavy (non-hydrogen) atoms. The molecular formula is C21H32N6O3. The van der Waals surface area contributed by atoms with Gasteiger partial charge in [-0.1, -0.05) is 25.5 Å². The third-order valence-electron chi connectivity index (χ3n) is 5.04. The van der Waals surface area contributed by atoms with Crippen molar-refractivity contribution in [3.05, 3.63) is 35.7 Å². The van der Waals surface area contributed by atoms with Gasteiger partial charge < -0.3 is 14.7 Å². The minimum Gasteiger partial charge on any atom is -0.508 e. The number of carbonyl (C=O) groups is 1. The maximum atomic E-state index is 12.4. The van der Waals surface area contributed by atoms with Gasteiger partial charge in [0.1, 0.15) is 11.4 Å². The summed E-state index contributed by atoms with van der Waals surface area (Å²) in [7, 11) is 0. The number of tetrazole rings is 1. The molecule has 0 spiro atoms. The van der Waals surface area contributed by atoms with Gasteiger partial charge in [0, 0.05) is 32.7 Å². The van der Waals surface area contributed by atoms with Gasteiger partial charge in [0.25, 0.3) is 0 Å². The molecule has 1 aliphatic rings. The van der Waals surface area contributed by atoms with Crippen molar-refractivity contribution >= 4 is 6.09 Å². The van der Waals surface area contributed by atoms with Crippen molar-refractivity contribution in [2.75, 3.05) is 26.2 Å². The van der Waals surface area contributed by atoms with Crippen LogP contribution in [-0.4, -0.2) is 73.0 Å². The summed E-state index contributed by atoms with van der Waals surface area (Å²) in [4.78, 5) is 16.4. The minimum absolute atomic E-state index is 0.204. The predicted molar refractivity (Wildman–Crippen MR) is 112 cm³/mol. The van der Waals surface area contributed by atoms with Gasteiger partial charge in [0.2, 0.25) is 0 Å². The van der Waals surface area contributed by atoms with Crippen molar-refractivity contribution in [3.63, 3.8) is 0 Å². The Morgan fingerprint density at radius 1 is 1.23 bits per heavy atom. The molecule has 3 rings (SSSR count). The highest BCUT2D eigenvalue weighted by Gasteiger charge is 2.33. The summed E-state index contributed by atoms with van der Waals surface area (Å²) in [6.07, 6.45) is 1.74. The summed E-state index contributed by atoms with van der Waals surface area (Å²) in [6.45, 7) is 10.9. The maximum Gasteiger partial charge on any atom is 0.410 e. The Labute approximate surface area is 177 Å². The van der Waals surface area contributed by atoms with E-state index in [9.17, 15) is 9.90 Å². The van der Waals surface area contributed by atoms with Gasteiger partial charge in [-0.25, -0.2) is 9.48 Å². The van der Waals surface area contributed by atoms with E-state index in [0.717, 1.165) is 30.8 Å². The van der Waals surface area contributed by atoms with Gasteiger partial charge in [0.05, 0.1) is 6.04 Å². The molecule has 2 heterocycles. The highest BCUT2D eigenvalue weighted by atomic mass is 16.6. The van der Waals surface area contributed by atoms with Crippen molar-refractivity contribution in [2.45, 2.75) is 58.7 Å². The first-order valence-electron chi connectivity index (χ1n) is 10.6. The van der Waals surface area contributed by atoms with Crippen LogP contribution in [-0.2, 0) is 11.3 Å². The molecule has 1 aromatic carbocycles. The summed E-state index contributed by atoms with van der Waals surface area (Å²) < 4.78 is 7.35. The Hall–Kier alpha value is -2.68. The second-order valence-corrected chi connectivity index (χ2v) is 8.61. The zero-order valence-electron chi connectivity index (χ0n) is 18.3. The second kappa shape index (κ2) is 9.42. The summed E-state index contributed by atoms with van der Waals surface area (Å²) in [5.74, 6) is 0.956. The molecule has 1 atom stereocenters. The van der Waals surface area contributed by atoms with E-state index >= 15 is 0 Å². The fourth-order valence-electron chi connectivity index (χ4n) is 3.58. The van der Waals surface area contributed by atoms with Crippen LogP contribution in [0.25, 0.3) is 0 Å². The number of benzene rings is 1. The summed E-state index contributed by atoms with van der Waals surface area (Å²) in [6, 6.07) is 7.01. The number of nitrogens with zero attached hydrogens (tertiary/aromatic N) is 6. The van der Waals surface area contributed by atoms with Crippen LogP contribution in [0.3, 0.4) is 0 Å². The highest BCUT2D eigenvalue weighted by molar-refractivity contribution is 5.68. The first-order chi connectivity index (χ1) is 14.3. The third kappa shape index (κ3) is 5.47. The highest BCUT2D eigenvalue weighted by Crippen LogP contribution is 2.30. The Morgan fingerprint density at radius 3 is 2.60 bits per heavy atom. The fraction of sp³-hybridized carbons (Fsp3) is 0.619. The van der Waals surface area contributed by atoms with E-state index in [2.05, 4.69) is 27.3 Å². The molecule has 1 aliphatic heterocycles. The Balaban J connectivity index is 1.81. The lowest BCUT2D eigenvalue weighted by Gasteiger charge is -2.39. The van der Waals surface area contributed by atoms with Crippen molar-refractivity contribution in [1.29, 1.82) is 0 Å². The van der Waals surface area contributed by atoms with Crippen LogP contribution in [0.2, 0.25) is 0 Å². The molecule has 1 fully saturated rings. The normalized spacial score (nSPS) is 16.5. The van der Waals surface area contributed by atoms with Crippen molar-refractivity contribution < 1.29 is 14.6 Å². The molecule has 1 unspecified atom stereocenters. The Kier molecular flexibility index (Phi) is 6.91. The molecule has 1 saturated heterocycles. The summed E-state index contributed by atoms with van der Waals surface area (Å²) in [5, 5.41) is 22.5. The molecule has 2 aromatic rings. The number of aryl methyl sites for hydroxylation is 1. The minimum atomic E-state index is -0.514. The molecule has 9 heteroatoms. The lowest BCUT2D eigenvalue weighted by molar-refractivity contribution is 0.0114. The largest absolute Gasteiger partial charge is 0.508 e. The van der Waals surface area contributed by atoms with Crippen LogP contribution in [0.5, 0.6) is 5.75 Å². The van der Waals surface area contributed by atoms with E-state index < -0.39 is 5.60 Å². The van der Waals surface area contributed by atoms with Gasteiger partial charge in [-0.05, 0) is 55.3 Å². The number of hydrogen-bond donors (Lipinski definition) is 1. The standard InChI is InChI=1S/C21H32N6O3/c1-5-6-10-27-19(22-23-24-27)18(16-8-7-9-17(28)15-16)25-11-13-26(14-12-25)20(29)30-21(2,3)4/h7-9,15,18,28H,5-6,10-14H2,1-4H3. The first-order valence-corrected chi connectivity index (χ1v) is 10.6. The van der Waals surface area contributed by atoms with Gasteiger partial charge in [0.15, 0.2) is 5.82 Å². The van der Waals surface area contributed by atoms with Gasteiger partial charge in [-0.3, -0.25) is 4.90 Å². The fourth-order valence-corrected chi connectivity index (χ4v) is 3.58. The van der Waals surface area contributed by atoms with E-state index in [1.807, 2.05) is 37.6 Å². The number of aromatic nitrogens is 4. The number of phenolic OH excluding ortho intramolecular Hbond substituents is 1. The van der Waals surface area contributed by atoms with E-state index in [4.69, 9.17) is 4.74 Å². The van der Waals surface area contributed by atoms with Crippen molar-refractivity contribution in [1.82, 2.24) is 30.0 Å². The van der Waals surface area contributed by atoms with E-state index in [1.165, 1.54) is 0 Å². The number of ether oxygens (including phenoxy) is 1. The number of piperazine rings is 1. The SMILES string of the molecule is CCCCn1nnnc1C(c1cccc(O)c1)N1CCN(C(=O)OC(C)(C)C)CC1. The molecule has 164 valence electrons. The van der Waals surface area contributed by atoms with Gasteiger partial charge >= 0.3 is 6.09 Å². The molecule has 1 amide bonds. The number of phenols is 1. The first kappa shape index (κ1) is 22.0. The van der Waals surface area contributed by atoms with Crippen LogP contribution >= 0.6 is 0 Å². The van der Waals surface area contributed by atoms with Crippen molar-refractivity contribution in [3.8, 4) is 5.75 Å². The van der Waals surface area contributed by atoms with Crippen LogP contribution in [0.1, 0.15) is 58.0 Å². The quantitative estimate of drug-likeness (QED) is 0.773. The maximum absolute atomic E-state index is 12.4. The van der Waals surface area contributed by atoms with Crippen LogP contribution in [0.15, 0.2) is 24.3 Å². The summed E-state index contributed by atoms with van der Waals surface area (Å²) in [5.41, 5.74) is 0.410. The average molecular weight is 417 g/mol. The number of carbonyl (C=O) groups excluding carboxylic acids is 1. The smallest absolute Gasteiger partial charge is 0.410 e. The second-order valence-electron chi connectivity index (χ2n) is 8.61. The predicted octanol–water partition coefficient (Wildman–Crippen LogP) is 2.82. The zero-order valence-corrected chi connectivity index (χ0v) is 18.3. The number of hydrogen-bond acceptors (Lipinski definition) is 7. The molecule has 0 bridgehead atoms. The van der Waals surface area contributed by atoms with E-state index in [0.29, 0.717) is 26.2 Å². The van der Waals surface area contributed by atoms with Crippen molar-refractivity contribution in [2.24, 2.45) is 0 Å².